The number of amides is 1. The number of imidazole rings is 1. The van der Waals surface area contributed by atoms with E-state index in [9.17, 15) is 4.79 Å². The van der Waals surface area contributed by atoms with E-state index in [2.05, 4.69) is 26.2 Å². The van der Waals surface area contributed by atoms with E-state index in [1.165, 1.54) is 11.3 Å². The number of carbonyl (C=O) groups is 1. The molecule has 1 amide bonds. The van der Waals surface area contributed by atoms with Crippen LogP contribution in [0.25, 0.3) is 16.2 Å². The topological polar surface area (TPSA) is 55.6 Å². The van der Waals surface area contributed by atoms with Crippen molar-refractivity contribution in [3.63, 3.8) is 0 Å². The van der Waals surface area contributed by atoms with Crippen molar-refractivity contribution in [1.29, 1.82) is 0 Å². The quantitative estimate of drug-likeness (QED) is 0.462. The second-order valence-electron chi connectivity index (χ2n) is 5.56. The fourth-order valence-electron chi connectivity index (χ4n) is 2.57. The lowest BCUT2D eigenvalue weighted by molar-refractivity contribution is 0.155. The highest BCUT2D eigenvalue weighted by molar-refractivity contribution is 9.10. The first-order valence-electron chi connectivity index (χ1n) is 7.90. The van der Waals surface area contributed by atoms with Crippen molar-refractivity contribution in [2.45, 2.75) is 6.61 Å². The van der Waals surface area contributed by atoms with Crippen LogP contribution in [0.15, 0.2) is 70.6 Å². The molecule has 0 saturated heterocycles. The summed E-state index contributed by atoms with van der Waals surface area (Å²) in [5.41, 5.74) is 2.56. The van der Waals surface area contributed by atoms with Gasteiger partial charge in [-0.1, -0.05) is 58.4 Å². The zero-order chi connectivity index (χ0) is 17.9. The smallest absolute Gasteiger partial charge is 0.413 e. The number of carbonyl (C=O) groups excluding carboxylic acids is 1. The summed E-state index contributed by atoms with van der Waals surface area (Å²) in [5.74, 6) is 0.599. The third-order valence-corrected chi connectivity index (χ3v) is 5.10. The molecule has 26 heavy (non-hydrogen) atoms. The Kier molecular flexibility index (Phi) is 4.73. The highest BCUT2D eigenvalue weighted by atomic mass is 79.9. The van der Waals surface area contributed by atoms with Crippen molar-refractivity contribution in [3.05, 3.63) is 76.2 Å². The minimum Gasteiger partial charge on any atom is -0.444 e. The molecular weight excluding hydrogens is 414 g/mol. The predicted octanol–water partition coefficient (Wildman–Crippen LogP) is 5.57. The minimum atomic E-state index is -0.514. The molecule has 0 spiro atoms. The molecular formula is C19H14BrN3O2S. The number of nitrogens with one attached hydrogen (secondary N) is 1. The van der Waals surface area contributed by atoms with Crippen LogP contribution in [0.1, 0.15) is 5.56 Å². The lowest BCUT2D eigenvalue weighted by Gasteiger charge is -2.08. The van der Waals surface area contributed by atoms with Gasteiger partial charge < -0.3 is 4.74 Å². The van der Waals surface area contributed by atoms with Gasteiger partial charge in [-0.25, -0.2) is 9.78 Å². The second kappa shape index (κ2) is 7.31. The van der Waals surface area contributed by atoms with Gasteiger partial charge in [0.05, 0.1) is 0 Å². The summed E-state index contributed by atoms with van der Waals surface area (Å²) in [5, 5.41) is 4.76. The first-order chi connectivity index (χ1) is 12.7. The highest BCUT2D eigenvalue weighted by Gasteiger charge is 2.17. The Morgan fingerprint density at radius 1 is 1.15 bits per heavy atom. The molecule has 130 valence electrons. The van der Waals surface area contributed by atoms with Gasteiger partial charge in [0, 0.05) is 21.6 Å². The number of anilines is 1. The van der Waals surface area contributed by atoms with E-state index in [1.807, 2.05) is 70.6 Å². The fraction of sp³-hybridized carbons (Fsp3) is 0.0526. The largest absolute Gasteiger partial charge is 0.444 e. The van der Waals surface area contributed by atoms with Crippen LogP contribution in [0.5, 0.6) is 0 Å². The summed E-state index contributed by atoms with van der Waals surface area (Å²) in [4.78, 5) is 17.8. The van der Waals surface area contributed by atoms with E-state index in [1.54, 1.807) is 0 Å². The molecule has 4 aromatic rings. The average molecular weight is 428 g/mol. The molecule has 2 aromatic heterocycles. The molecule has 0 saturated carbocycles. The van der Waals surface area contributed by atoms with E-state index in [-0.39, 0.29) is 6.61 Å². The molecule has 1 N–H and O–H groups in total. The highest BCUT2D eigenvalue weighted by Crippen LogP contribution is 2.31. The molecule has 0 aliphatic rings. The van der Waals surface area contributed by atoms with E-state index in [0.717, 1.165) is 20.6 Å². The molecule has 2 heterocycles. The van der Waals surface area contributed by atoms with Crippen LogP contribution in [-0.2, 0) is 11.3 Å². The maximum atomic E-state index is 12.3. The van der Waals surface area contributed by atoms with E-state index in [0.29, 0.717) is 11.5 Å². The normalized spacial score (nSPS) is 10.8. The Morgan fingerprint density at radius 2 is 1.92 bits per heavy atom. The third-order valence-electron chi connectivity index (χ3n) is 3.81. The van der Waals surface area contributed by atoms with Crippen LogP contribution in [0.3, 0.4) is 0 Å². The number of benzene rings is 2. The number of aromatic nitrogens is 2. The summed E-state index contributed by atoms with van der Waals surface area (Å²) in [6, 6.07) is 17.4. The monoisotopic (exact) mass is 427 g/mol. The van der Waals surface area contributed by atoms with Crippen LogP contribution >= 0.6 is 27.3 Å². The lowest BCUT2D eigenvalue weighted by Crippen LogP contribution is -2.15. The minimum absolute atomic E-state index is 0.214. The molecule has 2 aromatic carbocycles. The summed E-state index contributed by atoms with van der Waals surface area (Å²) in [6.07, 6.45) is 1.36. The Morgan fingerprint density at radius 3 is 2.69 bits per heavy atom. The van der Waals surface area contributed by atoms with Gasteiger partial charge in [0.2, 0.25) is 0 Å². The number of fused-ring (bicyclic) bond motifs is 1. The number of halogens is 1. The molecule has 4 rings (SSSR count). The van der Waals surface area contributed by atoms with Crippen LogP contribution in [0, 0.1) is 0 Å². The van der Waals surface area contributed by atoms with Gasteiger partial charge >= 0.3 is 6.09 Å². The third kappa shape index (κ3) is 3.49. The van der Waals surface area contributed by atoms with Crippen LogP contribution in [-0.4, -0.2) is 15.5 Å². The summed E-state index contributed by atoms with van der Waals surface area (Å²) in [7, 11) is 0. The van der Waals surface area contributed by atoms with E-state index in [4.69, 9.17) is 4.74 Å². The average Bonchev–Trinajstić information content (AvgIpc) is 3.24. The lowest BCUT2D eigenvalue weighted by atomic mass is 10.1. The zero-order valence-corrected chi connectivity index (χ0v) is 16.0. The standard InChI is InChI=1S/C19H14BrN3O2S/c20-15-8-6-14(7-9-15)16-17(23-10-11-26-18(23)21-16)22-19(24)25-12-13-4-2-1-3-5-13/h1-11H,12H2,(H,22,24). The maximum absolute atomic E-state index is 12.3. The molecule has 0 atom stereocenters. The van der Waals surface area contributed by atoms with Gasteiger partial charge in [0.15, 0.2) is 4.96 Å². The molecule has 0 unspecified atom stereocenters. The molecule has 7 heteroatoms. The van der Waals surface area contributed by atoms with Crippen molar-refractivity contribution in [2.24, 2.45) is 0 Å². The van der Waals surface area contributed by atoms with Crippen LogP contribution < -0.4 is 5.32 Å². The van der Waals surface area contributed by atoms with Crippen molar-refractivity contribution in [1.82, 2.24) is 9.38 Å². The number of nitrogens with zero attached hydrogens (tertiary/aromatic N) is 2. The Hall–Kier alpha value is -2.64. The molecule has 5 nitrogen and oxygen atoms in total. The number of hydrogen-bond acceptors (Lipinski definition) is 4. The summed E-state index contributed by atoms with van der Waals surface area (Å²) >= 11 is 4.94. The van der Waals surface area contributed by atoms with Gasteiger partial charge in [-0.3, -0.25) is 9.72 Å². The van der Waals surface area contributed by atoms with Gasteiger partial charge in [-0.15, -0.1) is 11.3 Å². The summed E-state index contributed by atoms with van der Waals surface area (Å²) in [6.45, 7) is 0.214. The Balaban J connectivity index is 1.58. The van der Waals surface area contributed by atoms with Crippen LogP contribution in [0.4, 0.5) is 10.6 Å². The molecule has 0 fully saturated rings. The van der Waals surface area contributed by atoms with E-state index < -0.39 is 6.09 Å². The second-order valence-corrected chi connectivity index (χ2v) is 7.35. The first kappa shape index (κ1) is 16.8. The predicted molar refractivity (Wildman–Crippen MR) is 106 cm³/mol. The van der Waals surface area contributed by atoms with Gasteiger partial charge in [-0.2, -0.15) is 0 Å². The van der Waals surface area contributed by atoms with E-state index >= 15 is 0 Å². The Bertz CT molecular complexity index is 1040. The molecule has 0 aliphatic carbocycles. The van der Waals surface area contributed by atoms with Crippen LogP contribution in [0.2, 0.25) is 0 Å². The number of rotatable bonds is 4. The number of thiazole rings is 1. The molecule has 0 radical (unpaired) electrons. The molecule has 0 bridgehead atoms. The zero-order valence-electron chi connectivity index (χ0n) is 13.6. The summed E-state index contributed by atoms with van der Waals surface area (Å²) < 4.78 is 8.18. The van der Waals surface area contributed by atoms with Gasteiger partial charge in [-0.05, 0) is 17.7 Å². The van der Waals surface area contributed by atoms with Gasteiger partial charge in [0.1, 0.15) is 18.1 Å². The maximum Gasteiger partial charge on any atom is 0.413 e. The Labute approximate surface area is 162 Å². The van der Waals surface area contributed by atoms with Gasteiger partial charge in [0.25, 0.3) is 0 Å². The van der Waals surface area contributed by atoms with Crippen molar-refractivity contribution in [3.8, 4) is 11.3 Å². The van der Waals surface area contributed by atoms with Crippen molar-refractivity contribution >= 4 is 44.1 Å². The van der Waals surface area contributed by atoms with Crippen molar-refractivity contribution in [2.75, 3.05) is 5.32 Å². The number of hydrogen-bond donors (Lipinski definition) is 1. The SMILES string of the molecule is O=C(Nc1c(-c2ccc(Br)cc2)nc2sccn12)OCc1ccccc1. The first-order valence-corrected chi connectivity index (χ1v) is 9.57. The number of ether oxygens (including phenoxy) is 1. The fourth-order valence-corrected chi connectivity index (χ4v) is 3.55. The molecule has 0 aliphatic heterocycles. The van der Waals surface area contributed by atoms with Crippen molar-refractivity contribution < 1.29 is 9.53 Å².